The fourth-order valence-electron chi connectivity index (χ4n) is 2.22. The minimum Gasteiger partial charge on any atom is -0.379 e. The van der Waals surface area contributed by atoms with Crippen LogP contribution in [0.5, 0.6) is 0 Å². The molecule has 1 aliphatic rings. The standard InChI is InChI=1S/C18H30ClNO6/c19-7-3-1-2-4-9-23-11-13-25-15-16-26-14-12-24-10-8-20-17(21)5-6-18(20)22/h5-6H,1-4,7-16H2. The van der Waals surface area contributed by atoms with E-state index in [2.05, 4.69) is 0 Å². The van der Waals surface area contributed by atoms with Crippen LogP contribution >= 0.6 is 11.6 Å². The van der Waals surface area contributed by atoms with Gasteiger partial charge in [0, 0.05) is 24.6 Å². The van der Waals surface area contributed by atoms with Crippen LogP contribution in [-0.2, 0) is 28.5 Å². The first-order chi connectivity index (χ1) is 12.8. The van der Waals surface area contributed by atoms with E-state index in [9.17, 15) is 9.59 Å². The van der Waals surface area contributed by atoms with Gasteiger partial charge in [-0.05, 0) is 12.8 Å². The molecule has 0 aromatic heterocycles. The zero-order valence-electron chi connectivity index (χ0n) is 15.3. The number of halogens is 1. The third-order valence-corrected chi connectivity index (χ3v) is 3.92. The maximum atomic E-state index is 11.3. The second-order valence-corrected chi connectivity index (χ2v) is 6.09. The molecule has 0 unspecified atom stereocenters. The van der Waals surface area contributed by atoms with Crippen molar-refractivity contribution in [3.63, 3.8) is 0 Å². The lowest BCUT2D eigenvalue weighted by molar-refractivity contribution is -0.137. The van der Waals surface area contributed by atoms with Crippen molar-refractivity contribution in [3.8, 4) is 0 Å². The predicted molar refractivity (Wildman–Crippen MR) is 98.3 cm³/mol. The molecule has 1 heterocycles. The molecular weight excluding hydrogens is 362 g/mol. The molecule has 0 aromatic rings. The van der Waals surface area contributed by atoms with Gasteiger partial charge in [0.25, 0.3) is 11.8 Å². The molecule has 0 aliphatic carbocycles. The maximum Gasteiger partial charge on any atom is 0.253 e. The summed E-state index contributed by atoms with van der Waals surface area (Å²) in [6.07, 6.45) is 6.99. The largest absolute Gasteiger partial charge is 0.379 e. The Kier molecular flexibility index (Phi) is 14.4. The molecule has 0 atom stereocenters. The topological polar surface area (TPSA) is 74.3 Å². The number of carbonyl (C=O) groups excluding carboxylic acids is 2. The minimum absolute atomic E-state index is 0.264. The SMILES string of the molecule is O=C1C=CC(=O)N1CCOCCOCCOCCOCCCCCCCl. The molecule has 0 saturated carbocycles. The van der Waals surface area contributed by atoms with Crippen LogP contribution in [0, 0.1) is 0 Å². The van der Waals surface area contributed by atoms with Gasteiger partial charge < -0.3 is 18.9 Å². The number of carbonyl (C=O) groups is 2. The molecule has 0 N–H and O–H groups in total. The van der Waals surface area contributed by atoms with Crippen LogP contribution in [0.2, 0.25) is 0 Å². The normalized spacial score (nSPS) is 14.0. The van der Waals surface area contributed by atoms with Crippen molar-refractivity contribution in [2.24, 2.45) is 0 Å². The predicted octanol–water partition coefficient (Wildman–Crippen LogP) is 1.78. The molecule has 150 valence electrons. The first-order valence-electron chi connectivity index (χ1n) is 9.16. The van der Waals surface area contributed by atoms with E-state index >= 15 is 0 Å². The first kappa shape index (κ1) is 23.0. The summed E-state index contributed by atoms with van der Waals surface area (Å²) in [7, 11) is 0. The Morgan fingerprint density at radius 2 is 1.12 bits per heavy atom. The summed E-state index contributed by atoms with van der Waals surface area (Å²) in [6.45, 7) is 4.37. The molecular formula is C18H30ClNO6. The molecule has 2 amide bonds. The molecule has 26 heavy (non-hydrogen) atoms. The number of rotatable bonds is 18. The molecule has 0 saturated heterocycles. The second kappa shape index (κ2) is 16.2. The van der Waals surface area contributed by atoms with E-state index in [1.54, 1.807) is 0 Å². The van der Waals surface area contributed by atoms with E-state index in [4.69, 9.17) is 30.5 Å². The molecule has 1 aliphatic heterocycles. The number of nitrogens with zero attached hydrogens (tertiary/aromatic N) is 1. The monoisotopic (exact) mass is 391 g/mol. The summed E-state index contributed by atoms with van der Waals surface area (Å²) in [5.74, 6) is 0.158. The highest BCUT2D eigenvalue weighted by molar-refractivity contribution is 6.17. The van der Waals surface area contributed by atoms with Crippen LogP contribution in [0.15, 0.2) is 12.2 Å². The summed E-state index contributed by atoms with van der Waals surface area (Å²) in [5, 5.41) is 0. The Balaban J connectivity index is 1.72. The van der Waals surface area contributed by atoms with Crippen molar-refractivity contribution in [2.45, 2.75) is 25.7 Å². The van der Waals surface area contributed by atoms with Gasteiger partial charge in [-0.2, -0.15) is 0 Å². The first-order valence-corrected chi connectivity index (χ1v) is 9.69. The van der Waals surface area contributed by atoms with Gasteiger partial charge in [-0.15, -0.1) is 11.6 Å². The van der Waals surface area contributed by atoms with Gasteiger partial charge in [0.05, 0.1) is 52.8 Å². The lowest BCUT2D eigenvalue weighted by Crippen LogP contribution is -2.33. The van der Waals surface area contributed by atoms with Gasteiger partial charge in [0.1, 0.15) is 0 Å². The Labute approximate surface area is 160 Å². The van der Waals surface area contributed by atoms with Crippen LogP contribution in [0.3, 0.4) is 0 Å². The number of hydrogen-bond donors (Lipinski definition) is 0. The summed E-state index contributed by atoms with van der Waals surface area (Å²) >= 11 is 5.61. The van der Waals surface area contributed by atoms with E-state index in [0.717, 1.165) is 43.1 Å². The van der Waals surface area contributed by atoms with Crippen molar-refractivity contribution in [3.05, 3.63) is 12.2 Å². The van der Waals surface area contributed by atoms with Crippen LogP contribution in [-0.4, -0.2) is 82.0 Å². The summed E-state index contributed by atoms with van der Waals surface area (Å²) < 4.78 is 21.6. The van der Waals surface area contributed by atoms with Gasteiger partial charge in [0.2, 0.25) is 0 Å². The zero-order valence-corrected chi connectivity index (χ0v) is 16.1. The molecule has 7 nitrogen and oxygen atoms in total. The third-order valence-electron chi connectivity index (χ3n) is 3.65. The Bertz CT molecular complexity index is 400. The van der Waals surface area contributed by atoms with Crippen molar-refractivity contribution in [1.82, 2.24) is 4.90 Å². The highest BCUT2D eigenvalue weighted by atomic mass is 35.5. The number of imide groups is 1. The lowest BCUT2D eigenvalue weighted by Gasteiger charge is -2.13. The highest BCUT2D eigenvalue weighted by Crippen LogP contribution is 2.02. The fourth-order valence-corrected chi connectivity index (χ4v) is 2.41. The number of unbranched alkanes of at least 4 members (excludes halogenated alkanes) is 3. The van der Waals surface area contributed by atoms with Crippen LogP contribution in [0.4, 0.5) is 0 Å². The zero-order chi connectivity index (χ0) is 18.9. The summed E-state index contributed by atoms with van der Waals surface area (Å²) in [4.78, 5) is 23.7. The molecule has 0 radical (unpaired) electrons. The van der Waals surface area contributed by atoms with Gasteiger partial charge in [0.15, 0.2) is 0 Å². The molecule has 0 fully saturated rings. The maximum absolute atomic E-state index is 11.3. The van der Waals surface area contributed by atoms with Gasteiger partial charge in [-0.3, -0.25) is 14.5 Å². The van der Waals surface area contributed by atoms with E-state index < -0.39 is 0 Å². The highest BCUT2D eigenvalue weighted by Gasteiger charge is 2.22. The van der Waals surface area contributed by atoms with Gasteiger partial charge in [-0.1, -0.05) is 12.8 Å². The van der Waals surface area contributed by atoms with Gasteiger partial charge >= 0.3 is 0 Å². The van der Waals surface area contributed by atoms with E-state index in [0.29, 0.717) is 46.2 Å². The summed E-state index contributed by atoms with van der Waals surface area (Å²) in [6, 6.07) is 0. The number of hydrogen-bond acceptors (Lipinski definition) is 6. The van der Waals surface area contributed by atoms with Gasteiger partial charge in [-0.25, -0.2) is 0 Å². The van der Waals surface area contributed by atoms with Crippen molar-refractivity contribution >= 4 is 23.4 Å². The molecule has 8 heteroatoms. The third kappa shape index (κ3) is 11.6. The second-order valence-electron chi connectivity index (χ2n) is 5.71. The minimum atomic E-state index is -0.290. The smallest absolute Gasteiger partial charge is 0.253 e. The average Bonchev–Trinajstić information content (AvgIpc) is 2.96. The van der Waals surface area contributed by atoms with E-state index in [1.165, 1.54) is 12.2 Å². The lowest BCUT2D eigenvalue weighted by atomic mass is 10.2. The van der Waals surface area contributed by atoms with Crippen LogP contribution in [0.25, 0.3) is 0 Å². The molecule has 0 aromatic carbocycles. The van der Waals surface area contributed by atoms with Crippen LogP contribution < -0.4 is 0 Å². The van der Waals surface area contributed by atoms with Crippen LogP contribution in [0.1, 0.15) is 25.7 Å². The number of alkyl halides is 1. The number of ether oxygens (including phenoxy) is 4. The van der Waals surface area contributed by atoms with E-state index in [-0.39, 0.29) is 18.4 Å². The summed E-state index contributed by atoms with van der Waals surface area (Å²) in [5.41, 5.74) is 0. The van der Waals surface area contributed by atoms with Crippen molar-refractivity contribution in [2.75, 3.05) is 65.3 Å². The number of amides is 2. The fraction of sp³-hybridized carbons (Fsp3) is 0.778. The Hall–Kier alpha value is -0.990. The molecule has 1 rings (SSSR count). The van der Waals surface area contributed by atoms with Crippen molar-refractivity contribution < 1.29 is 28.5 Å². The van der Waals surface area contributed by atoms with E-state index in [1.807, 2.05) is 0 Å². The Morgan fingerprint density at radius 3 is 1.65 bits per heavy atom. The average molecular weight is 392 g/mol. The molecule has 0 spiro atoms. The van der Waals surface area contributed by atoms with Crippen molar-refractivity contribution in [1.29, 1.82) is 0 Å². The Morgan fingerprint density at radius 1 is 0.654 bits per heavy atom. The molecule has 0 bridgehead atoms. The quantitative estimate of drug-likeness (QED) is 0.201.